The zero-order valence-electron chi connectivity index (χ0n) is 12.3. The highest BCUT2D eigenvalue weighted by atomic mass is 32.2. The molecule has 3 fully saturated rings. The minimum Gasteiger partial charge on any atom is -0.481 e. The molecule has 0 aromatic heterocycles. The van der Waals surface area contributed by atoms with Gasteiger partial charge in [0.25, 0.3) is 10.2 Å². The third-order valence-electron chi connectivity index (χ3n) is 5.32. The van der Waals surface area contributed by atoms with E-state index >= 15 is 0 Å². The second-order valence-electron chi connectivity index (χ2n) is 6.55. The number of aliphatic carboxylic acids is 1. The van der Waals surface area contributed by atoms with Gasteiger partial charge in [-0.3, -0.25) is 4.79 Å². The number of carboxylic acids is 1. The van der Waals surface area contributed by atoms with Gasteiger partial charge in [-0.05, 0) is 38.0 Å². The van der Waals surface area contributed by atoms with Crippen LogP contribution in [0.5, 0.6) is 0 Å². The minimum absolute atomic E-state index is 0.131. The Bertz CT molecular complexity index is 507. The standard InChI is InChI=1S/C14H24N2O4S/c17-14(18)12-5-3-8-15(10-12)21(19,20)16-9-7-11-4-1-2-6-13(11)16/h11-13H,1-10H2,(H,17,18). The van der Waals surface area contributed by atoms with Gasteiger partial charge in [0, 0.05) is 25.7 Å². The van der Waals surface area contributed by atoms with Gasteiger partial charge in [0.1, 0.15) is 0 Å². The van der Waals surface area contributed by atoms with Crippen molar-refractivity contribution in [3.63, 3.8) is 0 Å². The number of carbonyl (C=O) groups is 1. The summed E-state index contributed by atoms with van der Waals surface area (Å²) in [7, 11) is -3.50. The predicted octanol–water partition coefficient (Wildman–Crippen LogP) is 1.29. The monoisotopic (exact) mass is 316 g/mol. The molecule has 3 atom stereocenters. The van der Waals surface area contributed by atoms with Gasteiger partial charge in [-0.2, -0.15) is 17.0 Å². The highest BCUT2D eigenvalue weighted by Crippen LogP contribution is 2.38. The van der Waals surface area contributed by atoms with Gasteiger partial charge in [-0.25, -0.2) is 0 Å². The van der Waals surface area contributed by atoms with E-state index in [0.717, 1.165) is 25.7 Å². The van der Waals surface area contributed by atoms with Crippen LogP contribution in [0.1, 0.15) is 44.9 Å². The lowest BCUT2D eigenvalue weighted by Gasteiger charge is -2.37. The van der Waals surface area contributed by atoms with Crippen molar-refractivity contribution in [1.29, 1.82) is 0 Å². The molecule has 0 aromatic rings. The van der Waals surface area contributed by atoms with Crippen LogP contribution in [0, 0.1) is 11.8 Å². The van der Waals surface area contributed by atoms with E-state index in [4.69, 9.17) is 5.11 Å². The lowest BCUT2D eigenvalue weighted by atomic mass is 9.86. The van der Waals surface area contributed by atoms with Crippen molar-refractivity contribution in [1.82, 2.24) is 8.61 Å². The zero-order chi connectivity index (χ0) is 15.0. The van der Waals surface area contributed by atoms with E-state index in [-0.39, 0.29) is 12.6 Å². The van der Waals surface area contributed by atoms with E-state index in [9.17, 15) is 13.2 Å². The Morgan fingerprint density at radius 3 is 2.52 bits per heavy atom. The molecule has 2 heterocycles. The Balaban J connectivity index is 1.75. The van der Waals surface area contributed by atoms with Gasteiger partial charge >= 0.3 is 5.97 Å². The summed E-state index contributed by atoms with van der Waals surface area (Å²) in [5.74, 6) is -0.932. The number of fused-ring (bicyclic) bond motifs is 1. The van der Waals surface area contributed by atoms with Crippen LogP contribution in [-0.4, -0.2) is 53.8 Å². The number of nitrogens with zero attached hydrogens (tertiary/aromatic N) is 2. The smallest absolute Gasteiger partial charge is 0.307 e. The largest absolute Gasteiger partial charge is 0.481 e. The molecule has 2 aliphatic heterocycles. The summed E-state index contributed by atoms with van der Waals surface area (Å²) >= 11 is 0. The molecular weight excluding hydrogens is 292 g/mol. The highest BCUT2D eigenvalue weighted by Gasteiger charge is 2.45. The van der Waals surface area contributed by atoms with Crippen LogP contribution >= 0.6 is 0 Å². The average Bonchev–Trinajstić information content (AvgIpc) is 2.92. The second-order valence-corrected chi connectivity index (χ2v) is 8.44. The maximum atomic E-state index is 12.9. The summed E-state index contributed by atoms with van der Waals surface area (Å²) < 4.78 is 28.8. The normalized spacial score (nSPS) is 35.5. The Morgan fingerprint density at radius 1 is 1.00 bits per heavy atom. The van der Waals surface area contributed by atoms with E-state index in [2.05, 4.69) is 0 Å². The fraction of sp³-hybridized carbons (Fsp3) is 0.929. The molecule has 7 heteroatoms. The van der Waals surface area contributed by atoms with Crippen molar-refractivity contribution in [2.45, 2.75) is 51.0 Å². The van der Waals surface area contributed by atoms with Gasteiger partial charge in [-0.15, -0.1) is 0 Å². The summed E-state index contributed by atoms with van der Waals surface area (Å²) in [6.07, 6.45) is 6.57. The van der Waals surface area contributed by atoms with Crippen LogP contribution in [0.25, 0.3) is 0 Å². The first-order valence-corrected chi connectivity index (χ1v) is 9.39. The summed E-state index contributed by atoms with van der Waals surface area (Å²) in [4.78, 5) is 11.1. The first kappa shape index (κ1) is 15.2. The van der Waals surface area contributed by atoms with Crippen molar-refractivity contribution in [2.24, 2.45) is 11.8 Å². The predicted molar refractivity (Wildman–Crippen MR) is 77.9 cm³/mol. The number of carboxylic acid groups (broad SMARTS) is 1. The maximum absolute atomic E-state index is 12.9. The fourth-order valence-electron chi connectivity index (χ4n) is 4.15. The first-order chi connectivity index (χ1) is 10.00. The summed E-state index contributed by atoms with van der Waals surface area (Å²) in [5.41, 5.74) is 0. The second kappa shape index (κ2) is 5.85. The molecule has 3 aliphatic rings. The fourth-order valence-corrected chi connectivity index (χ4v) is 6.13. The van der Waals surface area contributed by atoms with Gasteiger partial charge in [-0.1, -0.05) is 12.8 Å². The molecule has 0 amide bonds. The van der Waals surface area contributed by atoms with E-state index in [1.807, 2.05) is 0 Å². The highest BCUT2D eigenvalue weighted by molar-refractivity contribution is 7.86. The van der Waals surface area contributed by atoms with Crippen LogP contribution < -0.4 is 0 Å². The lowest BCUT2D eigenvalue weighted by Crippen LogP contribution is -2.51. The van der Waals surface area contributed by atoms with Gasteiger partial charge in [0.15, 0.2) is 0 Å². The molecule has 0 aromatic carbocycles. The number of hydrogen-bond donors (Lipinski definition) is 1. The number of rotatable bonds is 3. The lowest BCUT2D eigenvalue weighted by molar-refractivity contribution is -0.142. The van der Waals surface area contributed by atoms with Crippen molar-refractivity contribution in [3.05, 3.63) is 0 Å². The Hall–Kier alpha value is -0.660. The first-order valence-electron chi connectivity index (χ1n) is 8.00. The molecule has 21 heavy (non-hydrogen) atoms. The van der Waals surface area contributed by atoms with Crippen molar-refractivity contribution in [2.75, 3.05) is 19.6 Å². The molecule has 1 N–H and O–H groups in total. The molecular formula is C14H24N2O4S. The van der Waals surface area contributed by atoms with Crippen molar-refractivity contribution >= 4 is 16.2 Å². The van der Waals surface area contributed by atoms with Crippen LogP contribution in [-0.2, 0) is 15.0 Å². The van der Waals surface area contributed by atoms with E-state index in [1.54, 1.807) is 4.31 Å². The molecule has 0 spiro atoms. The molecule has 1 aliphatic carbocycles. The molecule has 3 unspecified atom stereocenters. The van der Waals surface area contributed by atoms with Crippen molar-refractivity contribution < 1.29 is 18.3 Å². The third kappa shape index (κ3) is 2.83. The third-order valence-corrected chi connectivity index (χ3v) is 7.35. The van der Waals surface area contributed by atoms with Crippen LogP contribution in [0.2, 0.25) is 0 Å². The van der Waals surface area contributed by atoms with Crippen LogP contribution in [0.15, 0.2) is 0 Å². The maximum Gasteiger partial charge on any atom is 0.307 e. The van der Waals surface area contributed by atoms with Gasteiger partial charge in [0.2, 0.25) is 0 Å². The molecule has 3 rings (SSSR count). The zero-order valence-corrected chi connectivity index (χ0v) is 13.1. The topological polar surface area (TPSA) is 77.9 Å². The quantitative estimate of drug-likeness (QED) is 0.851. The van der Waals surface area contributed by atoms with Crippen LogP contribution in [0.3, 0.4) is 0 Å². The summed E-state index contributed by atoms with van der Waals surface area (Å²) in [6.45, 7) is 1.19. The SMILES string of the molecule is O=C(O)C1CCCN(S(=O)(=O)N2CCC3CCCCC32)C1. The summed E-state index contributed by atoms with van der Waals surface area (Å²) in [5, 5.41) is 9.14. The summed E-state index contributed by atoms with van der Waals surface area (Å²) in [6, 6.07) is 0.147. The molecule has 0 radical (unpaired) electrons. The van der Waals surface area contributed by atoms with E-state index < -0.39 is 22.1 Å². The Labute approximate surface area is 126 Å². The van der Waals surface area contributed by atoms with E-state index in [0.29, 0.717) is 31.8 Å². The van der Waals surface area contributed by atoms with Gasteiger partial charge in [0.05, 0.1) is 5.92 Å². The van der Waals surface area contributed by atoms with Gasteiger partial charge < -0.3 is 5.11 Å². The molecule has 6 nitrogen and oxygen atoms in total. The molecule has 2 saturated heterocycles. The molecule has 1 saturated carbocycles. The number of hydrogen-bond acceptors (Lipinski definition) is 3. The Morgan fingerprint density at radius 2 is 1.76 bits per heavy atom. The number of piperidine rings is 1. The van der Waals surface area contributed by atoms with Crippen molar-refractivity contribution in [3.8, 4) is 0 Å². The minimum atomic E-state index is -3.50. The van der Waals surface area contributed by atoms with E-state index in [1.165, 1.54) is 10.7 Å². The average molecular weight is 316 g/mol. The van der Waals surface area contributed by atoms with Crippen LogP contribution in [0.4, 0.5) is 0 Å². The molecule has 120 valence electrons. The molecule has 0 bridgehead atoms. The Kier molecular flexibility index (Phi) is 4.25.